The van der Waals surface area contributed by atoms with Crippen LogP contribution in [-0.4, -0.2) is 37.2 Å². The van der Waals surface area contributed by atoms with Gasteiger partial charge in [-0.2, -0.15) is 0 Å². The fourth-order valence-electron chi connectivity index (χ4n) is 8.06. The third-order valence-electron chi connectivity index (χ3n) is 12.3. The fourth-order valence-corrected chi connectivity index (χ4v) is 8.06. The summed E-state index contributed by atoms with van der Waals surface area (Å²) in [5, 5.41) is 0. The number of rotatable bonds is 51. The van der Waals surface area contributed by atoms with Gasteiger partial charge in [-0.05, 0) is 64.2 Å². The van der Waals surface area contributed by atoms with Gasteiger partial charge in [-0.15, -0.1) is 0 Å². The molecule has 0 saturated heterocycles. The third-order valence-corrected chi connectivity index (χ3v) is 12.3. The summed E-state index contributed by atoms with van der Waals surface area (Å²) < 4.78 is 16.8. The lowest BCUT2D eigenvalue weighted by atomic mass is 10.0. The number of hydrogen-bond donors (Lipinski definition) is 0. The second-order valence-electron chi connectivity index (χ2n) is 18.8. The molecule has 0 aromatic carbocycles. The summed E-state index contributed by atoms with van der Waals surface area (Å²) in [6.45, 7) is 6.52. The van der Waals surface area contributed by atoms with Crippen LogP contribution in [0, 0.1) is 0 Å². The van der Waals surface area contributed by atoms with Crippen molar-refractivity contribution >= 4 is 17.9 Å². The normalized spacial score (nSPS) is 12.5. The van der Waals surface area contributed by atoms with E-state index in [1.165, 1.54) is 148 Å². The van der Waals surface area contributed by atoms with Crippen LogP contribution in [0.5, 0.6) is 0 Å². The van der Waals surface area contributed by atoms with E-state index in [-0.39, 0.29) is 31.1 Å². The average Bonchev–Trinajstić information content (AvgIpc) is 3.31. The fraction of sp³-hybridized carbons (Fsp3) is 0.783. The molecule has 0 aromatic heterocycles. The third kappa shape index (κ3) is 52.1. The van der Waals surface area contributed by atoms with Crippen LogP contribution < -0.4 is 0 Å². The molecule has 0 rings (SSSR count). The van der Waals surface area contributed by atoms with E-state index in [4.69, 9.17) is 14.2 Å². The van der Waals surface area contributed by atoms with Crippen molar-refractivity contribution < 1.29 is 28.6 Å². The number of esters is 3. The summed E-state index contributed by atoms with van der Waals surface area (Å²) in [5.74, 6) is -0.902. The maximum atomic E-state index is 12.8. The van der Waals surface area contributed by atoms with E-state index in [0.717, 1.165) is 96.3 Å². The van der Waals surface area contributed by atoms with Crippen LogP contribution in [0.1, 0.15) is 284 Å². The Morgan fingerprint density at radius 1 is 0.318 bits per heavy atom. The number of unbranched alkanes of at least 4 members (excludes halogenated alkanes) is 30. The first-order valence-electron chi connectivity index (χ1n) is 28.3. The summed E-state index contributed by atoms with van der Waals surface area (Å²) in [4.78, 5) is 38.1. The quantitative estimate of drug-likeness (QED) is 0.0262. The van der Waals surface area contributed by atoms with Crippen LogP contribution in [0.3, 0.4) is 0 Å². The van der Waals surface area contributed by atoms with Crippen LogP contribution in [0.25, 0.3) is 0 Å². The van der Waals surface area contributed by atoms with Gasteiger partial charge in [-0.25, -0.2) is 0 Å². The highest BCUT2D eigenvalue weighted by molar-refractivity contribution is 5.71. The maximum Gasteiger partial charge on any atom is 0.306 e. The molecule has 0 aliphatic rings. The van der Waals surface area contributed by atoms with E-state index in [2.05, 4.69) is 81.5 Å². The zero-order valence-corrected chi connectivity index (χ0v) is 43.7. The molecule has 1 atom stereocenters. The average molecular weight is 924 g/mol. The summed E-state index contributed by atoms with van der Waals surface area (Å²) in [6.07, 6.45) is 67.8. The molecule has 0 radical (unpaired) electrons. The molecular formula is C60H106O6. The lowest BCUT2D eigenvalue weighted by Gasteiger charge is -2.18. The first kappa shape index (κ1) is 63.1. The molecule has 1 unspecified atom stereocenters. The van der Waals surface area contributed by atoms with Crippen molar-refractivity contribution in [2.75, 3.05) is 13.2 Å². The number of allylic oxidation sites excluding steroid dienone is 10. The van der Waals surface area contributed by atoms with Crippen LogP contribution in [0.15, 0.2) is 60.8 Å². The number of ether oxygens (including phenoxy) is 3. The van der Waals surface area contributed by atoms with E-state index in [1.54, 1.807) is 0 Å². The second kappa shape index (κ2) is 54.7. The van der Waals surface area contributed by atoms with E-state index in [9.17, 15) is 14.4 Å². The highest BCUT2D eigenvalue weighted by Gasteiger charge is 2.19. The largest absolute Gasteiger partial charge is 0.462 e. The molecule has 0 bridgehead atoms. The predicted octanol–water partition coefficient (Wildman–Crippen LogP) is 18.8. The number of carbonyl (C=O) groups is 3. The van der Waals surface area contributed by atoms with Crippen LogP contribution in [0.4, 0.5) is 0 Å². The lowest BCUT2D eigenvalue weighted by molar-refractivity contribution is -0.167. The van der Waals surface area contributed by atoms with Gasteiger partial charge < -0.3 is 14.2 Å². The summed E-state index contributed by atoms with van der Waals surface area (Å²) in [5.41, 5.74) is 0. The lowest BCUT2D eigenvalue weighted by Crippen LogP contribution is -2.30. The SMILES string of the molecule is CC/C=C\C/C=C\C/C=C\C/C=C\C/C=C\CCCCCC(=O)OCC(COC(=O)CCCCCCCCCCCCCC)OC(=O)CCCCCCCCCCCCCCCCCCC. The van der Waals surface area contributed by atoms with Crippen molar-refractivity contribution in [1.82, 2.24) is 0 Å². The van der Waals surface area contributed by atoms with Gasteiger partial charge in [0.2, 0.25) is 0 Å². The standard InChI is InChI=1S/C60H106O6/c1-4-7-10-13-16-19-22-25-27-29-30-32-33-35-38-41-44-47-50-53-59(62)65-56-57(55-64-58(61)52-49-46-43-40-37-24-21-18-15-12-9-6-3)66-60(63)54-51-48-45-42-39-36-34-31-28-26-23-20-17-14-11-8-5-2/h7,10,16,19,25,27,30,32,35,38,57H,4-6,8-9,11-15,17-18,20-24,26,28-29,31,33-34,36-37,39-56H2,1-3H3/b10-7-,19-16-,27-25-,32-30-,38-35-. The molecule has 0 saturated carbocycles. The van der Waals surface area contributed by atoms with Gasteiger partial charge in [0, 0.05) is 19.3 Å². The topological polar surface area (TPSA) is 78.9 Å². The molecule has 6 nitrogen and oxygen atoms in total. The molecular weight excluding hydrogens is 817 g/mol. The van der Waals surface area contributed by atoms with Gasteiger partial charge in [0.25, 0.3) is 0 Å². The first-order chi connectivity index (χ1) is 32.5. The van der Waals surface area contributed by atoms with Crippen LogP contribution in [0.2, 0.25) is 0 Å². The molecule has 0 fully saturated rings. The molecule has 0 heterocycles. The Balaban J connectivity index is 4.39. The minimum Gasteiger partial charge on any atom is -0.462 e. The molecule has 0 spiro atoms. The van der Waals surface area contributed by atoms with Gasteiger partial charge in [0.1, 0.15) is 13.2 Å². The molecule has 0 aliphatic heterocycles. The maximum absolute atomic E-state index is 12.8. The van der Waals surface area contributed by atoms with Crippen molar-refractivity contribution in [3.63, 3.8) is 0 Å². The Bertz CT molecular complexity index is 1200. The smallest absolute Gasteiger partial charge is 0.306 e. The summed E-state index contributed by atoms with van der Waals surface area (Å²) >= 11 is 0. The molecule has 0 N–H and O–H groups in total. The van der Waals surface area contributed by atoms with Crippen LogP contribution in [-0.2, 0) is 28.6 Å². The Labute approximate surface area is 409 Å². The van der Waals surface area contributed by atoms with E-state index in [1.807, 2.05) is 0 Å². The second-order valence-corrected chi connectivity index (χ2v) is 18.8. The monoisotopic (exact) mass is 923 g/mol. The van der Waals surface area contributed by atoms with E-state index < -0.39 is 6.10 Å². The van der Waals surface area contributed by atoms with Gasteiger partial charge in [-0.1, -0.05) is 261 Å². The van der Waals surface area contributed by atoms with Crippen molar-refractivity contribution in [1.29, 1.82) is 0 Å². The predicted molar refractivity (Wildman–Crippen MR) is 284 cm³/mol. The zero-order valence-electron chi connectivity index (χ0n) is 43.7. The minimum absolute atomic E-state index is 0.0809. The number of carbonyl (C=O) groups excluding carboxylic acids is 3. The van der Waals surface area contributed by atoms with Crippen molar-refractivity contribution in [3.05, 3.63) is 60.8 Å². The zero-order chi connectivity index (χ0) is 47.9. The van der Waals surface area contributed by atoms with E-state index >= 15 is 0 Å². The van der Waals surface area contributed by atoms with Crippen molar-refractivity contribution in [2.24, 2.45) is 0 Å². The summed E-state index contributed by atoms with van der Waals surface area (Å²) in [7, 11) is 0. The summed E-state index contributed by atoms with van der Waals surface area (Å²) in [6, 6.07) is 0. The van der Waals surface area contributed by atoms with E-state index in [0.29, 0.717) is 19.3 Å². The van der Waals surface area contributed by atoms with Gasteiger partial charge in [0.05, 0.1) is 0 Å². The molecule has 0 amide bonds. The van der Waals surface area contributed by atoms with Crippen LogP contribution >= 0.6 is 0 Å². The first-order valence-corrected chi connectivity index (χ1v) is 28.3. The highest BCUT2D eigenvalue weighted by atomic mass is 16.6. The Morgan fingerprint density at radius 2 is 0.591 bits per heavy atom. The molecule has 0 aliphatic carbocycles. The van der Waals surface area contributed by atoms with Gasteiger partial charge >= 0.3 is 17.9 Å². The molecule has 66 heavy (non-hydrogen) atoms. The Hall–Kier alpha value is -2.89. The minimum atomic E-state index is -0.784. The number of hydrogen-bond acceptors (Lipinski definition) is 6. The Kier molecular flexibility index (Phi) is 52.3. The van der Waals surface area contributed by atoms with Crippen molar-refractivity contribution in [3.8, 4) is 0 Å². The van der Waals surface area contributed by atoms with Gasteiger partial charge in [0.15, 0.2) is 6.10 Å². The molecule has 382 valence electrons. The molecule has 6 heteroatoms. The highest BCUT2D eigenvalue weighted by Crippen LogP contribution is 2.16. The van der Waals surface area contributed by atoms with Crippen molar-refractivity contribution in [2.45, 2.75) is 290 Å². The Morgan fingerprint density at radius 3 is 0.924 bits per heavy atom. The molecule has 0 aromatic rings. The van der Waals surface area contributed by atoms with Gasteiger partial charge in [-0.3, -0.25) is 14.4 Å².